The van der Waals surface area contributed by atoms with Crippen molar-refractivity contribution in [1.82, 2.24) is 0 Å². The van der Waals surface area contributed by atoms with Gasteiger partial charge in [-0.3, -0.25) is 4.79 Å². The first-order valence-electron chi connectivity index (χ1n) is 10.3. The molecule has 3 aromatic rings. The second-order valence-corrected chi connectivity index (χ2v) is 7.55. The first kappa shape index (κ1) is 19.2. The fourth-order valence-electron chi connectivity index (χ4n) is 3.83. The molecule has 6 nitrogen and oxygen atoms in total. The Morgan fingerprint density at radius 2 is 1.71 bits per heavy atom. The fourth-order valence-corrected chi connectivity index (χ4v) is 3.83. The highest BCUT2D eigenvalue weighted by Crippen LogP contribution is 2.33. The van der Waals surface area contributed by atoms with Gasteiger partial charge in [-0.25, -0.2) is 4.79 Å². The number of hydrogen-bond donors (Lipinski definition) is 1. The Labute approximate surface area is 179 Å². The number of hydrogen-bond acceptors (Lipinski definition) is 5. The molecule has 0 unspecified atom stereocenters. The molecule has 6 heteroatoms. The molecule has 1 atom stereocenters. The van der Waals surface area contributed by atoms with E-state index in [9.17, 15) is 9.59 Å². The predicted octanol–water partition coefficient (Wildman–Crippen LogP) is 4.55. The van der Waals surface area contributed by atoms with Crippen molar-refractivity contribution < 1.29 is 23.8 Å². The van der Waals surface area contributed by atoms with E-state index < -0.39 is 0 Å². The summed E-state index contributed by atoms with van der Waals surface area (Å²) in [6, 6.07) is 20.0. The van der Waals surface area contributed by atoms with Gasteiger partial charge in [-0.2, -0.15) is 0 Å². The molecule has 5 rings (SSSR count). The van der Waals surface area contributed by atoms with E-state index in [1.54, 1.807) is 36.4 Å². The van der Waals surface area contributed by atoms with Gasteiger partial charge in [-0.15, -0.1) is 0 Å². The third-order valence-electron chi connectivity index (χ3n) is 5.42. The SMILES string of the molecule is O=C(Nc1ccc2c(c1)OCCCO2)c1ccc2c(c1)C[C@H](c1ccccc1)OC2=O. The molecule has 1 amide bonds. The monoisotopic (exact) mass is 415 g/mol. The smallest absolute Gasteiger partial charge is 0.339 e. The van der Waals surface area contributed by atoms with Crippen molar-refractivity contribution in [2.75, 3.05) is 18.5 Å². The minimum absolute atomic E-state index is 0.257. The number of nitrogens with one attached hydrogen (secondary N) is 1. The van der Waals surface area contributed by atoms with Crippen molar-refractivity contribution in [3.05, 3.63) is 89.0 Å². The normalized spacial score (nSPS) is 17.2. The lowest BCUT2D eigenvalue weighted by Crippen LogP contribution is -2.23. The molecule has 0 aromatic heterocycles. The van der Waals surface area contributed by atoms with Crippen molar-refractivity contribution in [3.8, 4) is 11.5 Å². The van der Waals surface area contributed by atoms with Gasteiger partial charge in [0.2, 0.25) is 0 Å². The highest BCUT2D eigenvalue weighted by atomic mass is 16.5. The van der Waals surface area contributed by atoms with E-state index in [0.717, 1.165) is 17.5 Å². The standard InChI is InChI=1S/C25H21NO5/c27-24(26-19-8-10-21-23(15-19)30-12-4-11-29-21)17-7-9-20-18(13-17)14-22(31-25(20)28)16-5-2-1-3-6-16/h1-3,5-10,13,15,22H,4,11-12,14H2,(H,26,27)/t22-/m1/s1. The van der Waals surface area contributed by atoms with Crippen LogP contribution in [0.15, 0.2) is 66.7 Å². The van der Waals surface area contributed by atoms with Crippen LogP contribution in [0.5, 0.6) is 11.5 Å². The van der Waals surface area contributed by atoms with Crippen molar-refractivity contribution >= 4 is 17.6 Å². The van der Waals surface area contributed by atoms with Crippen LogP contribution >= 0.6 is 0 Å². The Kier molecular flexibility index (Phi) is 5.04. The second kappa shape index (κ2) is 8.14. The average molecular weight is 415 g/mol. The molecule has 2 aliphatic rings. The third kappa shape index (κ3) is 3.97. The quantitative estimate of drug-likeness (QED) is 0.635. The van der Waals surface area contributed by atoms with Crippen molar-refractivity contribution in [3.63, 3.8) is 0 Å². The van der Waals surface area contributed by atoms with E-state index in [1.807, 2.05) is 30.3 Å². The molecule has 0 saturated carbocycles. The molecule has 156 valence electrons. The number of carbonyl (C=O) groups excluding carboxylic acids is 2. The molecule has 2 heterocycles. The number of esters is 1. The molecular formula is C25H21NO5. The van der Waals surface area contributed by atoms with Gasteiger partial charge in [0.1, 0.15) is 6.10 Å². The number of amides is 1. The van der Waals surface area contributed by atoms with E-state index in [1.165, 1.54) is 0 Å². The molecule has 0 aliphatic carbocycles. The van der Waals surface area contributed by atoms with Crippen molar-refractivity contribution in [1.29, 1.82) is 0 Å². The maximum atomic E-state index is 12.9. The van der Waals surface area contributed by atoms with Gasteiger partial charge in [0.05, 0.1) is 18.8 Å². The minimum Gasteiger partial charge on any atom is -0.490 e. The van der Waals surface area contributed by atoms with Gasteiger partial charge in [-0.05, 0) is 41.5 Å². The molecule has 0 radical (unpaired) electrons. The second-order valence-electron chi connectivity index (χ2n) is 7.55. The zero-order chi connectivity index (χ0) is 21.2. The minimum atomic E-state index is -0.370. The number of carbonyl (C=O) groups is 2. The van der Waals surface area contributed by atoms with E-state index in [4.69, 9.17) is 14.2 Å². The summed E-state index contributed by atoms with van der Waals surface area (Å²) in [7, 11) is 0. The summed E-state index contributed by atoms with van der Waals surface area (Å²) in [6.45, 7) is 1.19. The number of fused-ring (bicyclic) bond motifs is 2. The summed E-state index contributed by atoms with van der Waals surface area (Å²) < 4.78 is 16.9. The van der Waals surface area contributed by atoms with Gasteiger partial charge >= 0.3 is 5.97 Å². The number of cyclic esters (lactones) is 1. The van der Waals surface area contributed by atoms with E-state index in [-0.39, 0.29) is 18.0 Å². The van der Waals surface area contributed by atoms with Crippen LogP contribution in [-0.4, -0.2) is 25.1 Å². The lowest BCUT2D eigenvalue weighted by atomic mass is 9.93. The lowest BCUT2D eigenvalue weighted by molar-refractivity contribution is 0.0252. The van der Waals surface area contributed by atoms with Crippen LogP contribution < -0.4 is 14.8 Å². The fraction of sp³-hybridized carbons (Fsp3) is 0.200. The maximum Gasteiger partial charge on any atom is 0.339 e. The number of rotatable bonds is 3. The molecular weight excluding hydrogens is 394 g/mol. The van der Waals surface area contributed by atoms with E-state index in [2.05, 4.69) is 5.32 Å². The summed E-state index contributed by atoms with van der Waals surface area (Å²) >= 11 is 0. The van der Waals surface area contributed by atoms with Gasteiger partial charge < -0.3 is 19.5 Å². The first-order chi connectivity index (χ1) is 15.2. The summed E-state index contributed by atoms with van der Waals surface area (Å²) in [6.07, 6.45) is 0.981. The Hall–Kier alpha value is -3.80. The molecule has 0 fully saturated rings. The largest absolute Gasteiger partial charge is 0.490 e. The van der Waals surface area contributed by atoms with E-state index >= 15 is 0 Å². The number of anilines is 1. The average Bonchev–Trinajstić information content (AvgIpc) is 3.04. The zero-order valence-corrected chi connectivity index (χ0v) is 16.8. The Morgan fingerprint density at radius 3 is 2.55 bits per heavy atom. The van der Waals surface area contributed by atoms with Crippen molar-refractivity contribution in [2.45, 2.75) is 18.9 Å². The van der Waals surface area contributed by atoms with Gasteiger partial charge in [0.15, 0.2) is 11.5 Å². The van der Waals surface area contributed by atoms with Gasteiger partial charge in [-0.1, -0.05) is 30.3 Å². The third-order valence-corrected chi connectivity index (χ3v) is 5.42. The van der Waals surface area contributed by atoms with Crippen LogP contribution in [0.25, 0.3) is 0 Å². The summed E-state index contributed by atoms with van der Waals surface area (Å²) in [4.78, 5) is 25.3. The Bertz CT molecular complexity index is 1140. The first-order valence-corrected chi connectivity index (χ1v) is 10.3. The maximum absolute atomic E-state index is 12.9. The summed E-state index contributed by atoms with van der Waals surface area (Å²) in [5, 5.41) is 2.90. The van der Waals surface area contributed by atoms with Crippen molar-refractivity contribution in [2.24, 2.45) is 0 Å². The molecule has 1 N–H and O–H groups in total. The van der Waals surface area contributed by atoms with Crippen LogP contribution in [0.3, 0.4) is 0 Å². The van der Waals surface area contributed by atoms with Crippen LogP contribution in [0, 0.1) is 0 Å². The van der Waals surface area contributed by atoms with Gasteiger partial charge in [0, 0.05) is 30.2 Å². The Balaban J connectivity index is 1.36. The van der Waals surface area contributed by atoms with Crippen LogP contribution in [0.2, 0.25) is 0 Å². The summed E-state index contributed by atoms with van der Waals surface area (Å²) in [5.74, 6) is 0.668. The molecule has 2 aliphatic heterocycles. The van der Waals surface area contributed by atoms with Crippen LogP contribution in [-0.2, 0) is 11.2 Å². The topological polar surface area (TPSA) is 73.9 Å². The number of benzene rings is 3. The zero-order valence-electron chi connectivity index (χ0n) is 16.8. The molecule has 0 spiro atoms. The Morgan fingerprint density at radius 1 is 0.903 bits per heavy atom. The predicted molar refractivity (Wildman–Crippen MR) is 115 cm³/mol. The summed E-state index contributed by atoms with van der Waals surface area (Å²) in [5.41, 5.74) is 3.33. The molecule has 0 saturated heterocycles. The van der Waals surface area contributed by atoms with Crippen LogP contribution in [0.1, 0.15) is 44.4 Å². The molecule has 3 aromatic carbocycles. The van der Waals surface area contributed by atoms with Gasteiger partial charge in [0.25, 0.3) is 5.91 Å². The lowest BCUT2D eigenvalue weighted by Gasteiger charge is -2.25. The highest BCUT2D eigenvalue weighted by Gasteiger charge is 2.28. The molecule has 31 heavy (non-hydrogen) atoms. The van der Waals surface area contributed by atoms with Crippen LogP contribution in [0.4, 0.5) is 5.69 Å². The number of ether oxygens (including phenoxy) is 3. The highest BCUT2D eigenvalue weighted by molar-refractivity contribution is 6.05. The van der Waals surface area contributed by atoms with E-state index in [0.29, 0.717) is 47.9 Å². The molecule has 0 bridgehead atoms.